The fourth-order valence-electron chi connectivity index (χ4n) is 2.13. The molecule has 0 bridgehead atoms. The molecule has 2 rings (SSSR count). The van der Waals surface area contributed by atoms with Crippen molar-refractivity contribution in [2.75, 3.05) is 0 Å². The summed E-state index contributed by atoms with van der Waals surface area (Å²) in [5.74, 6) is 0.548. The van der Waals surface area contributed by atoms with Gasteiger partial charge in [0.25, 0.3) is 5.69 Å². The molecule has 0 fully saturated rings. The number of nitro benzene ring substituents is 1. The molecule has 0 atom stereocenters. The number of rotatable bonds is 6. The van der Waals surface area contributed by atoms with Gasteiger partial charge < -0.3 is 4.57 Å². The maximum absolute atomic E-state index is 11.2. The Kier molecular flexibility index (Phi) is 4.97. The largest absolute Gasteiger partial charge is 0.317 e. The lowest BCUT2D eigenvalue weighted by atomic mass is 10.1. The Balaban J connectivity index is 2.48. The fraction of sp³-hybridized carbons (Fsp3) is 0.333. The van der Waals surface area contributed by atoms with E-state index in [-0.39, 0.29) is 11.6 Å². The molecule has 22 heavy (non-hydrogen) atoms. The van der Waals surface area contributed by atoms with Gasteiger partial charge in [-0.15, -0.1) is 0 Å². The van der Waals surface area contributed by atoms with Crippen LogP contribution in [-0.2, 0) is 6.54 Å². The molecule has 0 saturated carbocycles. The van der Waals surface area contributed by atoms with Crippen LogP contribution in [0.5, 0.6) is 0 Å². The molecule has 1 aromatic heterocycles. The van der Waals surface area contributed by atoms with Crippen LogP contribution in [0.1, 0.15) is 43.0 Å². The Morgan fingerprint density at radius 2 is 2.18 bits per heavy atom. The van der Waals surface area contributed by atoms with Crippen LogP contribution in [0.25, 0.3) is 0 Å². The molecule has 1 aromatic carbocycles. The zero-order valence-electron chi connectivity index (χ0n) is 12.6. The van der Waals surface area contributed by atoms with Crippen molar-refractivity contribution in [1.29, 1.82) is 0 Å². The highest BCUT2D eigenvalue weighted by Gasteiger charge is 2.20. The number of benzene rings is 1. The monoisotopic (exact) mass is 319 g/mol. The summed E-state index contributed by atoms with van der Waals surface area (Å²) in [5, 5.41) is 11.7. The average Bonchev–Trinajstić information content (AvgIpc) is 2.85. The molecule has 6 nitrogen and oxygen atoms in total. The Morgan fingerprint density at radius 3 is 2.73 bits per heavy atom. The number of carbonyl (C=O) groups is 1. The van der Waals surface area contributed by atoms with Crippen molar-refractivity contribution < 1.29 is 9.72 Å². The third-order valence-corrected chi connectivity index (χ3v) is 4.30. The highest BCUT2D eigenvalue weighted by molar-refractivity contribution is 7.99. The van der Waals surface area contributed by atoms with Gasteiger partial charge in [0.15, 0.2) is 12.1 Å². The highest BCUT2D eigenvalue weighted by atomic mass is 32.2. The minimum Gasteiger partial charge on any atom is -0.317 e. The highest BCUT2D eigenvalue weighted by Crippen LogP contribution is 2.35. The summed E-state index contributed by atoms with van der Waals surface area (Å²) in [6.07, 6.45) is 0.743. The summed E-state index contributed by atoms with van der Waals surface area (Å²) in [6.45, 7) is 6.57. The maximum atomic E-state index is 11.2. The van der Waals surface area contributed by atoms with Gasteiger partial charge in [-0.05, 0) is 18.9 Å². The van der Waals surface area contributed by atoms with Crippen LogP contribution in [0, 0.1) is 10.1 Å². The first-order valence-corrected chi connectivity index (χ1v) is 7.77. The molecule has 0 aliphatic heterocycles. The first-order valence-electron chi connectivity index (χ1n) is 6.95. The van der Waals surface area contributed by atoms with E-state index in [4.69, 9.17) is 0 Å². The SMILES string of the molecule is CCn1c(C=O)nc(C(C)C)c1Sc1cccc([N+](=O)[O-])c1. The molecule has 0 aliphatic carbocycles. The summed E-state index contributed by atoms with van der Waals surface area (Å²) in [7, 11) is 0. The first-order chi connectivity index (χ1) is 10.5. The smallest absolute Gasteiger partial charge is 0.270 e. The van der Waals surface area contributed by atoms with E-state index >= 15 is 0 Å². The number of nitro groups is 1. The van der Waals surface area contributed by atoms with E-state index in [1.165, 1.54) is 23.9 Å². The third kappa shape index (κ3) is 3.19. The Bertz CT molecular complexity index is 710. The van der Waals surface area contributed by atoms with Crippen molar-refractivity contribution in [1.82, 2.24) is 9.55 Å². The number of aromatic nitrogens is 2. The molecule has 116 valence electrons. The quantitative estimate of drug-likeness (QED) is 0.458. The fourth-order valence-corrected chi connectivity index (χ4v) is 3.39. The molecule has 0 saturated heterocycles. The van der Waals surface area contributed by atoms with E-state index < -0.39 is 4.92 Å². The Hall–Kier alpha value is -2.15. The summed E-state index contributed by atoms with van der Waals surface area (Å²) < 4.78 is 1.84. The predicted molar refractivity (Wildman–Crippen MR) is 84.6 cm³/mol. The third-order valence-electron chi connectivity index (χ3n) is 3.19. The molecule has 0 unspecified atom stereocenters. The topological polar surface area (TPSA) is 78.0 Å². The molecule has 7 heteroatoms. The van der Waals surface area contributed by atoms with Crippen molar-refractivity contribution >= 4 is 23.7 Å². The van der Waals surface area contributed by atoms with Crippen molar-refractivity contribution in [3.63, 3.8) is 0 Å². The second kappa shape index (κ2) is 6.74. The molecule has 0 amide bonds. The zero-order chi connectivity index (χ0) is 16.3. The van der Waals surface area contributed by atoms with E-state index in [0.29, 0.717) is 12.4 Å². The summed E-state index contributed by atoms with van der Waals surface area (Å²) in [4.78, 5) is 26.8. The van der Waals surface area contributed by atoms with E-state index in [2.05, 4.69) is 4.98 Å². The van der Waals surface area contributed by atoms with Crippen LogP contribution < -0.4 is 0 Å². The van der Waals surface area contributed by atoms with Crippen LogP contribution in [0.3, 0.4) is 0 Å². The van der Waals surface area contributed by atoms with E-state index in [9.17, 15) is 14.9 Å². The number of hydrogen-bond donors (Lipinski definition) is 0. The second-order valence-electron chi connectivity index (χ2n) is 5.03. The zero-order valence-corrected chi connectivity index (χ0v) is 13.5. The van der Waals surface area contributed by atoms with Crippen molar-refractivity contribution in [3.8, 4) is 0 Å². The van der Waals surface area contributed by atoms with Gasteiger partial charge in [-0.2, -0.15) is 0 Å². The van der Waals surface area contributed by atoms with E-state index in [0.717, 1.165) is 21.9 Å². The Morgan fingerprint density at radius 1 is 1.45 bits per heavy atom. The van der Waals surface area contributed by atoms with Gasteiger partial charge in [-0.3, -0.25) is 14.9 Å². The second-order valence-corrected chi connectivity index (χ2v) is 6.10. The number of aldehydes is 1. The van der Waals surface area contributed by atoms with Gasteiger partial charge in [0.2, 0.25) is 0 Å². The molecule has 0 N–H and O–H groups in total. The summed E-state index contributed by atoms with van der Waals surface area (Å²) >= 11 is 1.40. The van der Waals surface area contributed by atoms with E-state index in [1.807, 2.05) is 31.4 Å². The van der Waals surface area contributed by atoms with Crippen LogP contribution in [0.2, 0.25) is 0 Å². The molecular formula is C15H17N3O3S. The number of nitrogens with zero attached hydrogens (tertiary/aromatic N) is 3. The molecule has 0 radical (unpaired) electrons. The van der Waals surface area contributed by atoms with Crippen LogP contribution in [-0.4, -0.2) is 20.8 Å². The average molecular weight is 319 g/mol. The van der Waals surface area contributed by atoms with Crippen molar-refractivity contribution in [3.05, 3.63) is 45.9 Å². The standard InChI is InChI=1S/C15H17N3O3S/c1-4-17-13(9-19)16-14(10(2)3)15(17)22-12-7-5-6-11(8-12)18(20)21/h5-10H,4H2,1-3H3. The van der Waals surface area contributed by atoms with Gasteiger partial charge in [-0.25, -0.2) is 4.98 Å². The predicted octanol–water partition coefficient (Wildman–Crippen LogP) is 3.90. The Labute approximate surface area is 132 Å². The lowest BCUT2D eigenvalue weighted by Gasteiger charge is -2.10. The van der Waals surface area contributed by atoms with E-state index in [1.54, 1.807) is 6.07 Å². The molecule has 2 aromatic rings. The van der Waals surface area contributed by atoms with Crippen LogP contribution in [0.4, 0.5) is 5.69 Å². The number of carbonyl (C=O) groups excluding carboxylic acids is 1. The van der Waals surface area contributed by atoms with Gasteiger partial charge >= 0.3 is 0 Å². The van der Waals surface area contributed by atoms with Crippen LogP contribution in [0.15, 0.2) is 34.2 Å². The minimum atomic E-state index is -0.415. The summed E-state index contributed by atoms with van der Waals surface area (Å²) in [6, 6.07) is 6.46. The van der Waals surface area contributed by atoms with Crippen LogP contribution >= 0.6 is 11.8 Å². The van der Waals surface area contributed by atoms with Crippen molar-refractivity contribution in [2.45, 2.75) is 43.2 Å². The molecule has 0 spiro atoms. The summed E-state index contributed by atoms with van der Waals surface area (Å²) in [5.41, 5.74) is 0.884. The van der Waals surface area contributed by atoms with Crippen molar-refractivity contribution in [2.24, 2.45) is 0 Å². The van der Waals surface area contributed by atoms with Gasteiger partial charge in [-0.1, -0.05) is 31.7 Å². The minimum absolute atomic E-state index is 0.0503. The van der Waals surface area contributed by atoms with Gasteiger partial charge in [0.05, 0.1) is 10.6 Å². The maximum Gasteiger partial charge on any atom is 0.270 e. The molecule has 0 aliphatic rings. The van der Waals surface area contributed by atoms with Gasteiger partial charge in [0, 0.05) is 23.6 Å². The molecular weight excluding hydrogens is 302 g/mol. The number of non-ortho nitro benzene ring substituents is 1. The number of hydrogen-bond acceptors (Lipinski definition) is 5. The lowest BCUT2D eigenvalue weighted by molar-refractivity contribution is -0.385. The first kappa shape index (κ1) is 16.2. The lowest BCUT2D eigenvalue weighted by Crippen LogP contribution is -2.02. The number of imidazole rings is 1. The normalized spacial score (nSPS) is 10.9. The van der Waals surface area contributed by atoms with Gasteiger partial charge in [0.1, 0.15) is 5.03 Å². The molecule has 1 heterocycles.